The van der Waals surface area contributed by atoms with Crippen LogP contribution < -0.4 is 10.1 Å². The number of carbonyl (C=O) groups excluding carboxylic acids is 2. The first kappa shape index (κ1) is 23.3. The first-order chi connectivity index (χ1) is 14.1. The van der Waals surface area contributed by atoms with Crippen LogP contribution in [0.5, 0.6) is 5.75 Å². The molecule has 2 aromatic carbocycles. The Kier molecular flexibility index (Phi) is 7.86. The Bertz CT molecular complexity index is 854. The Hall–Kier alpha value is -3.03. The van der Waals surface area contributed by atoms with Crippen LogP contribution in [0.2, 0.25) is 0 Å². The molecule has 30 heavy (non-hydrogen) atoms. The van der Waals surface area contributed by atoms with Gasteiger partial charge in [-0.2, -0.15) is 0 Å². The number of nitrogens with zero attached hydrogens (tertiary/aromatic N) is 1. The van der Waals surface area contributed by atoms with Gasteiger partial charge in [0.15, 0.2) is 0 Å². The number of benzene rings is 2. The van der Waals surface area contributed by atoms with Crippen molar-refractivity contribution < 1.29 is 27.5 Å². The van der Waals surface area contributed by atoms with E-state index in [1.54, 1.807) is 36.4 Å². The molecule has 1 N–H and O–H groups in total. The second-order valence-electron chi connectivity index (χ2n) is 7.36. The molecule has 0 aromatic heterocycles. The fraction of sp³-hybridized carbons (Fsp3) is 0.364. The van der Waals surface area contributed by atoms with Crippen LogP contribution in [0.3, 0.4) is 0 Å². The van der Waals surface area contributed by atoms with Gasteiger partial charge in [0.1, 0.15) is 11.8 Å². The van der Waals surface area contributed by atoms with Gasteiger partial charge in [0.25, 0.3) is 0 Å². The first-order valence-electron chi connectivity index (χ1n) is 9.49. The van der Waals surface area contributed by atoms with Gasteiger partial charge in [-0.15, -0.1) is 13.2 Å². The second-order valence-corrected chi connectivity index (χ2v) is 7.36. The van der Waals surface area contributed by atoms with Crippen LogP contribution in [0.25, 0.3) is 0 Å². The maximum Gasteiger partial charge on any atom is 0.573 e. The van der Waals surface area contributed by atoms with Gasteiger partial charge < -0.3 is 15.0 Å². The summed E-state index contributed by atoms with van der Waals surface area (Å²) in [5, 5.41) is 2.74. The number of para-hydroxylation sites is 1. The molecule has 0 bridgehead atoms. The third-order valence-corrected chi connectivity index (χ3v) is 4.26. The van der Waals surface area contributed by atoms with E-state index < -0.39 is 18.3 Å². The molecule has 162 valence electrons. The summed E-state index contributed by atoms with van der Waals surface area (Å²) in [4.78, 5) is 26.7. The number of ether oxygens (including phenoxy) is 1. The summed E-state index contributed by atoms with van der Waals surface area (Å²) < 4.78 is 42.1. The van der Waals surface area contributed by atoms with E-state index in [-0.39, 0.29) is 36.1 Å². The van der Waals surface area contributed by atoms with Gasteiger partial charge in [-0.3, -0.25) is 9.59 Å². The average molecular weight is 422 g/mol. The Morgan fingerprint density at radius 3 is 2.23 bits per heavy atom. The number of carbonyl (C=O) groups is 2. The summed E-state index contributed by atoms with van der Waals surface area (Å²) in [7, 11) is 1.47. The van der Waals surface area contributed by atoms with Crippen LogP contribution in [-0.2, 0) is 16.1 Å². The minimum atomic E-state index is -4.84. The molecule has 0 aliphatic rings. The predicted molar refractivity (Wildman–Crippen MR) is 106 cm³/mol. The largest absolute Gasteiger partial charge is 0.573 e. The van der Waals surface area contributed by atoms with Gasteiger partial charge in [0, 0.05) is 25.6 Å². The van der Waals surface area contributed by atoms with Crippen molar-refractivity contribution in [1.29, 1.82) is 0 Å². The van der Waals surface area contributed by atoms with Crippen LogP contribution in [0.15, 0.2) is 54.6 Å². The monoisotopic (exact) mass is 422 g/mol. The van der Waals surface area contributed by atoms with Gasteiger partial charge >= 0.3 is 6.36 Å². The van der Waals surface area contributed by atoms with E-state index in [0.29, 0.717) is 5.56 Å². The minimum Gasteiger partial charge on any atom is -0.405 e. The minimum absolute atomic E-state index is 0.112. The molecule has 0 saturated heterocycles. The highest BCUT2D eigenvalue weighted by Gasteiger charge is 2.32. The molecule has 0 saturated carbocycles. The Morgan fingerprint density at radius 2 is 1.63 bits per heavy atom. The van der Waals surface area contributed by atoms with Crippen LogP contribution >= 0.6 is 0 Å². The van der Waals surface area contributed by atoms with E-state index >= 15 is 0 Å². The lowest BCUT2D eigenvalue weighted by atomic mass is 10.0. The van der Waals surface area contributed by atoms with Crippen molar-refractivity contribution in [2.75, 3.05) is 7.05 Å². The van der Waals surface area contributed by atoms with Crippen LogP contribution in [0, 0.1) is 5.92 Å². The zero-order valence-electron chi connectivity index (χ0n) is 17.1. The number of alkyl halides is 3. The molecule has 5 nitrogen and oxygen atoms in total. The number of halogens is 3. The van der Waals surface area contributed by atoms with Crippen molar-refractivity contribution in [3.63, 3.8) is 0 Å². The molecule has 1 atom stereocenters. The maximum atomic E-state index is 13.1. The van der Waals surface area contributed by atoms with E-state index in [9.17, 15) is 22.8 Å². The topological polar surface area (TPSA) is 58.6 Å². The number of amides is 2. The summed E-state index contributed by atoms with van der Waals surface area (Å²) in [6.45, 7) is 3.67. The molecule has 1 unspecified atom stereocenters. The smallest absolute Gasteiger partial charge is 0.405 e. The Balaban J connectivity index is 2.23. The standard InChI is InChI=1S/C22H25F3N2O3/c1-15(2)13-19(28)26-20(16-9-5-4-6-10-16)21(29)27(3)14-17-11-7-8-12-18(17)30-22(23,24)25/h4-12,15,20H,13-14H2,1-3H3,(H,26,28). The highest BCUT2D eigenvalue weighted by atomic mass is 19.4. The summed E-state index contributed by atoms with van der Waals surface area (Å²) >= 11 is 0. The zero-order chi connectivity index (χ0) is 22.3. The molecule has 0 radical (unpaired) electrons. The predicted octanol–water partition coefficient (Wildman–Crippen LogP) is 4.45. The molecular formula is C22H25F3N2O3. The van der Waals surface area contributed by atoms with Gasteiger partial charge in [0.2, 0.25) is 11.8 Å². The Morgan fingerprint density at radius 1 is 1.03 bits per heavy atom. The molecule has 0 aliphatic heterocycles. The molecule has 2 aromatic rings. The second kappa shape index (κ2) is 10.1. The van der Waals surface area contributed by atoms with Crippen molar-refractivity contribution >= 4 is 11.8 Å². The third kappa shape index (κ3) is 7.09. The number of rotatable bonds is 8. The lowest BCUT2D eigenvalue weighted by Crippen LogP contribution is -2.41. The number of likely N-dealkylation sites (N-methyl/N-ethyl adjacent to an activating group) is 1. The summed E-state index contributed by atoms with van der Waals surface area (Å²) in [5.74, 6) is -0.980. The SMILES string of the molecule is CC(C)CC(=O)NC(C(=O)N(C)Cc1ccccc1OC(F)(F)F)c1ccccc1. The fourth-order valence-electron chi connectivity index (χ4n) is 2.94. The van der Waals surface area contributed by atoms with E-state index in [1.165, 1.54) is 30.1 Å². The fourth-order valence-corrected chi connectivity index (χ4v) is 2.94. The van der Waals surface area contributed by atoms with E-state index in [0.717, 1.165) is 0 Å². The normalized spacial score (nSPS) is 12.4. The summed E-state index contributed by atoms with van der Waals surface area (Å²) in [6, 6.07) is 13.4. The summed E-state index contributed by atoms with van der Waals surface area (Å²) in [5.41, 5.74) is 0.789. The lowest BCUT2D eigenvalue weighted by molar-refractivity contribution is -0.275. The van der Waals surface area contributed by atoms with Crippen molar-refractivity contribution in [3.8, 4) is 5.75 Å². The maximum absolute atomic E-state index is 13.1. The van der Waals surface area contributed by atoms with Gasteiger partial charge in [0.05, 0.1) is 0 Å². The quantitative estimate of drug-likeness (QED) is 0.684. The lowest BCUT2D eigenvalue weighted by Gasteiger charge is -2.26. The van der Waals surface area contributed by atoms with E-state index in [4.69, 9.17) is 0 Å². The summed E-state index contributed by atoms with van der Waals surface area (Å²) in [6.07, 6.45) is -4.58. The number of nitrogens with one attached hydrogen (secondary N) is 1. The first-order valence-corrected chi connectivity index (χ1v) is 9.49. The Labute approximate surface area is 173 Å². The zero-order valence-corrected chi connectivity index (χ0v) is 17.1. The van der Waals surface area contributed by atoms with Crippen LogP contribution in [0.4, 0.5) is 13.2 Å². The van der Waals surface area contributed by atoms with Crippen molar-refractivity contribution in [3.05, 3.63) is 65.7 Å². The molecule has 0 spiro atoms. The number of hydrogen-bond donors (Lipinski definition) is 1. The van der Waals surface area contributed by atoms with Crippen molar-refractivity contribution in [2.24, 2.45) is 5.92 Å². The van der Waals surface area contributed by atoms with E-state index in [2.05, 4.69) is 10.1 Å². The molecule has 0 fully saturated rings. The van der Waals surface area contributed by atoms with Crippen molar-refractivity contribution in [1.82, 2.24) is 10.2 Å². The molecule has 0 heterocycles. The highest BCUT2D eigenvalue weighted by molar-refractivity contribution is 5.88. The molecule has 2 amide bonds. The van der Waals surface area contributed by atoms with Gasteiger partial charge in [-0.05, 0) is 17.5 Å². The van der Waals surface area contributed by atoms with Crippen molar-refractivity contribution in [2.45, 2.75) is 39.2 Å². The van der Waals surface area contributed by atoms with Crippen LogP contribution in [-0.4, -0.2) is 30.1 Å². The van der Waals surface area contributed by atoms with Gasteiger partial charge in [-0.25, -0.2) is 0 Å². The molecule has 8 heteroatoms. The van der Waals surface area contributed by atoms with E-state index in [1.807, 2.05) is 13.8 Å². The molecule has 0 aliphatic carbocycles. The molecular weight excluding hydrogens is 397 g/mol. The average Bonchev–Trinajstić information content (AvgIpc) is 2.66. The van der Waals surface area contributed by atoms with Crippen LogP contribution in [0.1, 0.15) is 37.4 Å². The highest BCUT2D eigenvalue weighted by Crippen LogP contribution is 2.27. The van der Waals surface area contributed by atoms with Gasteiger partial charge in [-0.1, -0.05) is 62.4 Å². The number of hydrogen-bond acceptors (Lipinski definition) is 3. The molecule has 2 rings (SSSR count). The third-order valence-electron chi connectivity index (χ3n) is 4.26.